The van der Waals surface area contributed by atoms with E-state index in [1.807, 2.05) is 0 Å². The average molecular weight is 166 g/mol. The highest BCUT2D eigenvalue weighted by Gasteiger charge is 2.37. The first-order valence-corrected chi connectivity index (χ1v) is 2.98. The molecule has 0 aromatic rings. The first-order chi connectivity index (χ1) is 4.98. The molecular weight excluding hydrogens is 157 g/mol. The van der Waals surface area contributed by atoms with Gasteiger partial charge in [0, 0.05) is 0 Å². The predicted octanol–water partition coefficient (Wildman–Crippen LogP) is 2.65. The molecule has 0 saturated heterocycles. The number of alkyl halides is 3. The monoisotopic (exact) mass is 166 g/mol. The number of halogens is 3. The Morgan fingerprint density at radius 2 is 2.00 bits per heavy atom. The highest BCUT2D eigenvalue weighted by Crippen LogP contribution is 2.22. The highest BCUT2D eigenvalue weighted by molar-refractivity contribution is 4.93. The molecule has 0 rings (SSSR count). The minimum absolute atomic E-state index is 0.938. The summed E-state index contributed by atoms with van der Waals surface area (Å²) in [6.45, 7) is 4.21. The summed E-state index contributed by atoms with van der Waals surface area (Å²) in [5.74, 6) is 0. The van der Waals surface area contributed by atoms with E-state index in [0.29, 0.717) is 0 Å². The molecule has 11 heavy (non-hydrogen) atoms. The molecule has 0 heterocycles. The Hall–Kier alpha value is -0.930. The average Bonchev–Trinajstić information content (AvgIpc) is 1.86. The first-order valence-electron chi connectivity index (χ1n) is 2.98. The van der Waals surface area contributed by atoms with E-state index in [2.05, 4.69) is 11.3 Å². The third-order valence-corrected chi connectivity index (χ3v) is 0.958. The Morgan fingerprint density at radius 3 is 2.36 bits per heavy atom. The Kier molecular flexibility index (Phi) is 3.71. The van der Waals surface area contributed by atoms with E-state index in [1.54, 1.807) is 0 Å². The van der Waals surface area contributed by atoms with Crippen molar-refractivity contribution in [2.24, 2.45) is 0 Å². The van der Waals surface area contributed by atoms with Crippen molar-refractivity contribution in [3.05, 3.63) is 25.0 Å². The summed E-state index contributed by atoms with van der Waals surface area (Å²) >= 11 is 0. The topological polar surface area (TPSA) is 9.23 Å². The summed E-state index contributed by atoms with van der Waals surface area (Å²) in [6, 6.07) is 0. The fourth-order valence-corrected chi connectivity index (χ4v) is 0.296. The quantitative estimate of drug-likeness (QED) is 0.462. The minimum Gasteiger partial charge on any atom is -0.489 e. The van der Waals surface area contributed by atoms with E-state index >= 15 is 0 Å². The molecule has 0 radical (unpaired) electrons. The molecule has 64 valence electrons. The van der Waals surface area contributed by atoms with Crippen LogP contribution in [0.5, 0.6) is 0 Å². The molecule has 0 aromatic carbocycles. The van der Waals surface area contributed by atoms with E-state index in [-0.39, 0.29) is 0 Å². The standard InChI is InChI=1S/C7H9F3O/c1-3-4-5-11-6(2)7(8,9)10/h3-6H,1H2,2H3/b5-4+. The van der Waals surface area contributed by atoms with Gasteiger partial charge in [0.15, 0.2) is 6.10 Å². The number of allylic oxidation sites excluding steroid dienone is 2. The molecule has 0 aromatic heterocycles. The molecular formula is C7H9F3O. The lowest BCUT2D eigenvalue weighted by Gasteiger charge is -2.14. The molecule has 0 spiro atoms. The van der Waals surface area contributed by atoms with Gasteiger partial charge >= 0.3 is 6.18 Å². The molecule has 0 N–H and O–H groups in total. The second-order valence-electron chi connectivity index (χ2n) is 1.88. The molecule has 4 heteroatoms. The van der Waals surface area contributed by atoms with Crippen LogP contribution in [0.25, 0.3) is 0 Å². The normalized spacial score (nSPS) is 14.9. The molecule has 0 amide bonds. The van der Waals surface area contributed by atoms with Crippen LogP contribution in [-0.2, 0) is 4.74 Å². The number of hydrogen-bond acceptors (Lipinski definition) is 1. The van der Waals surface area contributed by atoms with Gasteiger partial charge in [-0.1, -0.05) is 12.7 Å². The number of hydrogen-bond donors (Lipinski definition) is 0. The van der Waals surface area contributed by atoms with Crippen LogP contribution in [0, 0.1) is 0 Å². The van der Waals surface area contributed by atoms with Gasteiger partial charge in [-0.05, 0) is 13.0 Å². The van der Waals surface area contributed by atoms with Crippen molar-refractivity contribution in [1.29, 1.82) is 0 Å². The van der Waals surface area contributed by atoms with E-state index in [9.17, 15) is 13.2 Å². The second-order valence-corrected chi connectivity index (χ2v) is 1.88. The molecule has 0 fully saturated rings. The fourth-order valence-electron chi connectivity index (χ4n) is 0.296. The van der Waals surface area contributed by atoms with E-state index in [0.717, 1.165) is 13.2 Å². The zero-order chi connectivity index (χ0) is 8.91. The zero-order valence-corrected chi connectivity index (χ0v) is 6.06. The molecule has 0 saturated carbocycles. The van der Waals surface area contributed by atoms with Gasteiger partial charge in [0.1, 0.15) is 0 Å². The molecule has 0 bridgehead atoms. The molecule has 1 nitrogen and oxygen atoms in total. The van der Waals surface area contributed by atoms with Crippen LogP contribution in [0.2, 0.25) is 0 Å². The second kappa shape index (κ2) is 4.05. The van der Waals surface area contributed by atoms with E-state index in [1.165, 1.54) is 12.2 Å². The number of ether oxygens (including phenoxy) is 1. The predicted molar refractivity (Wildman–Crippen MR) is 35.9 cm³/mol. The van der Waals surface area contributed by atoms with Crippen molar-refractivity contribution in [1.82, 2.24) is 0 Å². The maximum Gasteiger partial charge on any atom is 0.425 e. The van der Waals surface area contributed by atoms with Crippen LogP contribution in [0.15, 0.2) is 25.0 Å². The lowest BCUT2D eigenvalue weighted by molar-refractivity contribution is -0.199. The Morgan fingerprint density at radius 1 is 1.45 bits per heavy atom. The Labute approximate surface area is 63.2 Å². The van der Waals surface area contributed by atoms with Crippen LogP contribution in [0.3, 0.4) is 0 Å². The molecule has 0 aliphatic rings. The van der Waals surface area contributed by atoms with Gasteiger partial charge in [0.2, 0.25) is 0 Å². The van der Waals surface area contributed by atoms with Crippen LogP contribution in [-0.4, -0.2) is 12.3 Å². The summed E-state index contributed by atoms with van der Waals surface area (Å²) in [7, 11) is 0. The van der Waals surface area contributed by atoms with E-state index in [4.69, 9.17) is 0 Å². The number of rotatable bonds is 3. The molecule has 1 atom stereocenters. The Balaban J connectivity index is 3.78. The summed E-state index contributed by atoms with van der Waals surface area (Å²) in [5, 5.41) is 0. The first kappa shape index (κ1) is 10.1. The molecule has 1 unspecified atom stereocenters. The third kappa shape index (κ3) is 4.47. The lowest BCUT2D eigenvalue weighted by atomic mass is 10.4. The Bertz CT molecular complexity index is 148. The minimum atomic E-state index is -4.30. The maximum absolute atomic E-state index is 11.7. The van der Waals surface area contributed by atoms with Gasteiger partial charge in [-0.3, -0.25) is 0 Å². The summed E-state index contributed by atoms with van der Waals surface area (Å²) in [4.78, 5) is 0. The third-order valence-electron chi connectivity index (χ3n) is 0.958. The van der Waals surface area contributed by atoms with Gasteiger partial charge in [0.05, 0.1) is 6.26 Å². The van der Waals surface area contributed by atoms with Crippen molar-refractivity contribution >= 4 is 0 Å². The molecule has 0 aliphatic carbocycles. The van der Waals surface area contributed by atoms with Gasteiger partial charge in [-0.15, -0.1) is 0 Å². The molecule has 0 aliphatic heterocycles. The fraction of sp³-hybridized carbons (Fsp3) is 0.429. The summed E-state index contributed by atoms with van der Waals surface area (Å²) < 4.78 is 39.3. The van der Waals surface area contributed by atoms with Crippen LogP contribution < -0.4 is 0 Å². The zero-order valence-electron chi connectivity index (χ0n) is 6.06. The van der Waals surface area contributed by atoms with Crippen molar-refractivity contribution in [3.63, 3.8) is 0 Å². The van der Waals surface area contributed by atoms with Gasteiger partial charge in [-0.2, -0.15) is 13.2 Å². The van der Waals surface area contributed by atoms with E-state index < -0.39 is 12.3 Å². The van der Waals surface area contributed by atoms with Crippen molar-refractivity contribution in [2.75, 3.05) is 0 Å². The van der Waals surface area contributed by atoms with Crippen LogP contribution in [0.1, 0.15) is 6.92 Å². The van der Waals surface area contributed by atoms with Crippen LogP contribution in [0.4, 0.5) is 13.2 Å². The largest absolute Gasteiger partial charge is 0.489 e. The smallest absolute Gasteiger partial charge is 0.425 e. The van der Waals surface area contributed by atoms with Gasteiger partial charge in [-0.25, -0.2) is 0 Å². The van der Waals surface area contributed by atoms with Crippen LogP contribution >= 0.6 is 0 Å². The highest BCUT2D eigenvalue weighted by atomic mass is 19.4. The van der Waals surface area contributed by atoms with Crippen molar-refractivity contribution < 1.29 is 17.9 Å². The van der Waals surface area contributed by atoms with Gasteiger partial charge < -0.3 is 4.74 Å². The SMILES string of the molecule is C=C/C=C/OC(C)C(F)(F)F. The van der Waals surface area contributed by atoms with Crippen molar-refractivity contribution in [2.45, 2.75) is 19.2 Å². The van der Waals surface area contributed by atoms with Crippen molar-refractivity contribution in [3.8, 4) is 0 Å². The maximum atomic E-state index is 11.7. The lowest BCUT2D eigenvalue weighted by Crippen LogP contribution is -2.26. The summed E-state index contributed by atoms with van der Waals surface area (Å²) in [5.41, 5.74) is 0. The van der Waals surface area contributed by atoms with Gasteiger partial charge in [0.25, 0.3) is 0 Å². The summed E-state index contributed by atoms with van der Waals surface area (Å²) in [6.07, 6.45) is -2.47.